The Morgan fingerprint density at radius 3 is 2.55 bits per heavy atom. The fraction of sp³-hybridized carbons (Fsp3) is 0.357. The molecule has 1 unspecified atom stereocenters. The molecule has 2 amide bonds. The summed E-state index contributed by atoms with van der Waals surface area (Å²) in [4.78, 5) is 35.8. The number of nitrogens with one attached hydrogen (secondary N) is 1. The summed E-state index contributed by atoms with van der Waals surface area (Å²) >= 11 is 0. The Bertz CT molecular complexity index is 583. The number of carboxylic acids is 1. The van der Waals surface area contributed by atoms with Gasteiger partial charge in [0, 0.05) is 12.7 Å². The molecule has 6 nitrogen and oxygen atoms in total. The van der Waals surface area contributed by atoms with Crippen LogP contribution in [-0.4, -0.2) is 40.9 Å². The highest BCUT2D eigenvalue weighted by atomic mass is 16.4. The second-order valence-corrected chi connectivity index (χ2v) is 4.75. The largest absolute Gasteiger partial charge is 0.480 e. The summed E-state index contributed by atoms with van der Waals surface area (Å²) in [5.74, 6) is -1.64. The van der Waals surface area contributed by atoms with Gasteiger partial charge in [0.05, 0.1) is 11.1 Å². The molecular weight excluding hydrogens is 260 g/mol. The van der Waals surface area contributed by atoms with E-state index < -0.39 is 12.0 Å². The molecular formula is C14H16N2O4. The van der Waals surface area contributed by atoms with E-state index in [4.69, 9.17) is 5.11 Å². The van der Waals surface area contributed by atoms with Crippen LogP contribution in [-0.2, 0) is 4.79 Å². The molecule has 0 bridgehead atoms. The zero-order chi connectivity index (χ0) is 14.9. The van der Waals surface area contributed by atoms with E-state index in [0.717, 1.165) is 11.3 Å². The number of carbonyl (C=O) groups is 3. The van der Waals surface area contributed by atoms with Gasteiger partial charge in [0.25, 0.3) is 11.8 Å². The molecule has 0 radical (unpaired) electrons. The molecule has 106 valence electrons. The molecule has 20 heavy (non-hydrogen) atoms. The first-order chi connectivity index (χ1) is 9.45. The van der Waals surface area contributed by atoms with Crippen molar-refractivity contribution in [2.24, 2.45) is 0 Å². The van der Waals surface area contributed by atoms with Crippen LogP contribution in [0.2, 0.25) is 0 Å². The van der Waals surface area contributed by atoms with Crippen molar-refractivity contribution in [2.45, 2.75) is 25.8 Å². The van der Waals surface area contributed by atoms with Crippen LogP contribution in [0.1, 0.15) is 40.5 Å². The van der Waals surface area contributed by atoms with E-state index in [0.29, 0.717) is 23.2 Å². The standard InChI is InChI=1S/C14H16N2O4/c1-3-4-11(14(19)20)15-8-5-6-9-10(7-8)13(18)16(2)12(9)17/h5-7,11,15H,3-4H2,1-2H3,(H,19,20). The zero-order valence-electron chi connectivity index (χ0n) is 11.3. The molecule has 0 aromatic heterocycles. The maximum Gasteiger partial charge on any atom is 0.326 e. The molecule has 1 aromatic rings. The minimum Gasteiger partial charge on any atom is -0.480 e. The van der Waals surface area contributed by atoms with E-state index in [1.165, 1.54) is 13.1 Å². The normalized spacial score (nSPS) is 15.2. The lowest BCUT2D eigenvalue weighted by molar-refractivity contribution is -0.138. The van der Waals surface area contributed by atoms with Gasteiger partial charge in [-0.25, -0.2) is 4.79 Å². The highest BCUT2D eigenvalue weighted by Crippen LogP contribution is 2.25. The third-order valence-corrected chi connectivity index (χ3v) is 3.31. The summed E-state index contributed by atoms with van der Waals surface area (Å²) in [5, 5.41) is 12.0. The predicted octanol–water partition coefficient (Wildman–Crippen LogP) is 1.58. The van der Waals surface area contributed by atoms with E-state index in [-0.39, 0.29) is 11.8 Å². The number of imide groups is 1. The number of hydrogen-bond donors (Lipinski definition) is 2. The topological polar surface area (TPSA) is 86.7 Å². The monoisotopic (exact) mass is 276 g/mol. The number of carbonyl (C=O) groups excluding carboxylic acids is 2. The van der Waals surface area contributed by atoms with E-state index in [1.807, 2.05) is 6.92 Å². The van der Waals surface area contributed by atoms with Crippen molar-refractivity contribution in [3.8, 4) is 0 Å². The molecule has 1 heterocycles. The van der Waals surface area contributed by atoms with Gasteiger partial charge < -0.3 is 10.4 Å². The van der Waals surface area contributed by atoms with Crippen molar-refractivity contribution >= 4 is 23.5 Å². The summed E-state index contributed by atoms with van der Waals surface area (Å²) in [6.45, 7) is 1.90. The number of nitrogens with zero attached hydrogens (tertiary/aromatic N) is 1. The van der Waals surface area contributed by atoms with Crippen molar-refractivity contribution < 1.29 is 19.5 Å². The van der Waals surface area contributed by atoms with Gasteiger partial charge in [-0.05, 0) is 24.6 Å². The maximum absolute atomic E-state index is 11.9. The van der Waals surface area contributed by atoms with Gasteiger partial charge in [-0.3, -0.25) is 14.5 Å². The number of fused-ring (bicyclic) bond motifs is 1. The molecule has 6 heteroatoms. The predicted molar refractivity (Wildman–Crippen MR) is 72.8 cm³/mol. The Morgan fingerprint density at radius 2 is 1.95 bits per heavy atom. The lowest BCUT2D eigenvalue weighted by Gasteiger charge is -2.15. The molecule has 1 aliphatic heterocycles. The second kappa shape index (κ2) is 5.32. The molecule has 1 aliphatic rings. The van der Waals surface area contributed by atoms with Gasteiger partial charge in [0.15, 0.2) is 0 Å². The molecule has 0 aliphatic carbocycles. The lowest BCUT2D eigenvalue weighted by Crippen LogP contribution is -2.29. The van der Waals surface area contributed by atoms with Gasteiger partial charge in [-0.15, -0.1) is 0 Å². The average Bonchev–Trinajstić information content (AvgIpc) is 2.63. The zero-order valence-corrected chi connectivity index (χ0v) is 11.3. The lowest BCUT2D eigenvalue weighted by atomic mass is 10.1. The van der Waals surface area contributed by atoms with Gasteiger partial charge in [0.2, 0.25) is 0 Å². The fourth-order valence-electron chi connectivity index (χ4n) is 2.20. The molecule has 2 rings (SSSR count). The third kappa shape index (κ3) is 2.36. The first-order valence-electron chi connectivity index (χ1n) is 6.41. The number of rotatable bonds is 5. The van der Waals surface area contributed by atoms with Crippen LogP contribution in [0.25, 0.3) is 0 Å². The van der Waals surface area contributed by atoms with Crippen molar-refractivity contribution in [3.63, 3.8) is 0 Å². The quantitative estimate of drug-likeness (QED) is 0.797. The number of anilines is 1. The van der Waals surface area contributed by atoms with Crippen LogP contribution in [0.4, 0.5) is 5.69 Å². The van der Waals surface area contributed by atoms with E-state index in [1.54, 1.807) is 12.1 Å². The third-order valence-electron chi connectivity index (χ3n) is 3.31. The Kier molecular flexibility index (Phi) is 3.74. The SMILES string of the molecule is CCCC(Nc1ccc2c(c1)C(=O)N(C)C2=O)C(=O)O. The van der Waals surface area contributed by atoms with Gasteiger partial charge >= 0.3 is 5.97 Å². The molecule has 0 saturated carbocycles. The van der Waals surface area contributed by atoms with Crippen LogP contribution in [0.3, 0.4) is 0 Å². The minimum atomic E-state index is -0.938. The van der Waals surface area contributed by atoms with Crippen molar-refractivity contribution in [2.75, 3.05) is 12.4 Å². The number of aliphatic carboxylic acids is 1. The summed E-state index contributed by atoms with van der Waals surface area (Å²) < 4.78 is 0. The molecule has 2 N–H and O–H groups in total. The number of carboxylic acid groups (broad SMARTS) is 1. The van der Waals surface area contributed by atoms with Gasteiger partial charge in [0.1, 0.15) is 6.04 Å². The first-order valence-corrected chi connectivity index (χ1v) is 6.41. The van der Waals surface area contributed by atoms with E-state index in [2.05, 4.69) is 5.32 Å². The molecule has 1 atom stereocenters. The number of hydrogen-bond acceptors (Lipinski definition) is 4. The van der Waals surface area contributed by atoms with E-state index in [9.17, 15) is 14.4 Å². The minimum absolute atomic E-state index is 0.308. The molecule has 0 saturated heterocycles. The van der Waals surface area contributed by atoms with Crippen LogP contribution < -0.4 is 5.32 Å². The Morgan fingerprint density at radius 1 is 1.30 bits per heavy atom. The second-order valence-electron chi connectivity index (χ2n) is 4.75. The summed E-state index contributed by atoms with van der Waals surface area (Å²) in [5.41, 5.74) is 1.19. The van der Waals surface area contributed by atoms with Gasteiger partial charge in [-0.1, -0.05) is 13.3 Å². The van der Waals surface area contributed by atoms with Crippen LogP contribution in [0.5, 0.6) is 0 Å². The molecule has 0 fully saturated rings. The Hall–Kier alpha value is -2.37. The van der Waals surface area contributed by atoms with Crippen molar-refractivity contribution in [1.29, 1.82) is 0 Å². The smallest absolute Gasteiger partial charge is 0.326 e. The first kappa shape index (κ1) is 14.0. The number of amides is 2. The van der Waals surface area contributed by atoms with Crippen LogP contribution >= 0.6 is 0 Å². The van der Waals surface area contributed by atoms with E-state index >= 15 is 0 Å². The molecule has 0 spiro atoms. The highest BCUT2D eigenvalue weighted by molar-refractivity contribution is 6.21. The maximum atomic E-state index is 11.9. The number of benzene rings is 1. The fourth-order valence-corrected chi connectivity index (χ4v) is 2.20. The summed E-state index contributed by atoms with van der Waals surface area (Å²) in [6.07, 6.45) is 1.22. The molecule has 1 aromatic carbocycles. The Labute approximate surface area is 116 Å². The van der Waals surface area contributed by atoms with Crippen molar-refractivity contribution in [3.05, 3.63) is 29.3 Å². The van der Waals surface area contributed by atoms with Gasteiger partial charge in [-0.2, -0.15) is 0 Å². The highest BCUT2D eigenvalue weighted by Gasteiger charge is 2.32. The van der Waals surface area contributed by atoms with Crippen LogP contribution in [0.15, 0.2) is 18.2 Å². The summed E-state index contributed by atoms with van der Waals surface area (Å²) in [6, 6.07) is 3.99. The summed E-state index contributed by atoms with van der Waals surface area (Å²) in [7, 11) is 1.43. The average molecular weight is 276 g/mol. The van der Waals surface area contributed by atoms with Crippen molar-refractivity contribution in [1.82, 2.24) is 4.90 Å². The van der Waals surface area contributed by atoms with Crippen LogP contribution in [0, 0.1) is 0 Å². The Balaban J connectivity index is 2.27.